The molecule has 0 spiro atoms. The van der Waals surface area contributed by atoms with Crippen LogP contribution >= 0.6 is 23.1 Å². The van der Waals surface area contributed by atoms with Crippen molar-refractivity contribution in [1.82, 2.24) is 4.98 Å². The summed E-state index contributed by atoms with van der Waals surface area (Å²) < 4.78 is 0. The highest BCUT2D eigenvalue weighted by molar-refractivity contribution is 7.98. The molecule has 0 radical (unpaired) electrons. The number of aryl methyl sites for hydroxylation is 1. The summed E-state index contributed by atoms with van der Waals surface area (Å²) in [4.78, 5) is 16.0. The zero-order valence-corrected chi connectivity index (χ0v) is 8.58. The summed E-state index contributed by atoms with van der Waals surface area (Å²) >= 11 is 3.44. The topological polar surface area (TPSA) is 50.2 Å². The van der Waals surface area contributed by atoms with Gasteiger partial charge in [0.2, 0.25) is 0 Å². The number of rotatable bonds is 2. The zero-order chi connectivity index (χ0) is 9.26. The second kappa shape index (κ2) is 3.67. The number of carbonyl (C=O) groups is 1. The molecule has 0 unspecified atom stereocenters. The van der Waals surface area contributed by atoms with Gasteiger partial charge < -0.3 is 5.11 Å². The molecule has 0 bridgehead atoms. The van der Waals surface area contributed by atoms with Gasteiger partial charge in [0, 0.05) is 10.6 Å². The van der Waals surface area contributed by atoms with Gasteiger partial charge in [-0.15, -0.1) is 11.3 Å². The van der Waals surface area contributed by atoms with Crippen LogP contribution < -0.4 is 0 Å². The average Bonchev–Trinajstić information content (AvgIpc) is 2.44. The van der Waals surface area contributed by atoms with Crippen LogP contribution in [0.25, 0.3) is 0 Å². The summed E-state index contributed by atoms with van der Waals surface area (Å²) in [6, 6.07) is 0. The molecule has 0 saturated carbocycles. The summed E-state index contributed by atoms with van der Waals surface area (Å²) in [5.74, 6) is 1.33. The number of hydrogen-bond donors (Lipinski definition) is 1. The standard InChI is InChI=1S/C8H9NO2S2/c10-8(11)3-7-9-5-1-2-12-4-6(5)13-7/h1-4H2,(H,10,11). The highest BCUT2D eigenvalue weighted by Gasteiger charge is 2.16. The van der Waals surface area contributed by atoms with E-state index in [1.807, 2.05) is 11.8 Å². The van der Waals surface area contributed by atoms with Gasteiger partial charge in [0.05, 0.1) is 12.1 Å². The molecular formula is C8H9NO2S2. The minimum atomic E-state index is -0.793. The molecule has 70 valence electrons. The largest absolute Gasteiger partial charge is 0.481 e. The molecule has 0 amide bonds. The molecule has 0 saturated heterocycles. The maximum absolute atomic E-state index is 10.4. The average molecular weight is 215 g/mol. The Morgan fingerprint density at radius 1 is 1.62 bits per heavy atom. The normalized spacial score (nSPS) is 15.4. The monoisotopic (exact) mass is 215 g/mol. The van der Waals surface area contributed by atoms with Crippen LogP contribution in [0.2, 0.25) is 0 Å². The first-order valence-corrected chi connectivity index (χ1v) is 6.00. The van der Waals surface area contributed by atoms with Crippen LogP contribution in [0.1, 0.15) is 15.6 Å². The SMILES string of the molecule is O=C(O)Cc1nc2c(s1)CSCC2. The molecule has 0 aromatic carbocycles. The van der Waals surface area contributed by atoms with Crippen LogP contribution in [0.3, 0.4) is 0 Å². The third-order valence-corrected chi connectivity index (χ3v) is 4.11. The summed E-state index contributed by atoms with van der Waals surface area (Å²) in [6.07, 6.45) is 1.07. The molecule has 13 heavy (non-hydrogen) atoms. The third kappa shape index (κ3) is 2.03. The fourth-order valence-corrected chi connectivity index (χ4v) is 3.50. The third-order valence-electron chi connectivity index (χ3n) is 1.84. The highest BCUT2D eigenvalue weighted by atomic mass is 32.2. The van der Waals surface area contributed by atoms with Crippen LogP contribution in [-0.4, -0.2) is 21.8 Å². The van der Waals surface area contributed by atoms with Gasteiger partial charge >= 0.3 is 5.97 Å². The summed E-state index contributed by atoms with van der Waals surface area (Å²) in [5, 5.41) is 9.34. The van der Waals surface area contributed by atoms with E-state index in [0.717, 1.165) is 28.6 Å². The summed E-state index contributed by atoms with van der Waals surface area (Å²) in [5.41, 5.74) is 1.13. The molecule has 0 fully saturated rings. The number of thioether (sulfide) groups is 1. The lowest BCUT2D eigenvalue weighted by Gasteiger charge is -2.06. The van der Waals surface area contributed by atoms with Gasteiger partial charge in [-0.25, -0.2) is 4.98 Å². The fraction of sp³-hybridized carbons (Fsp3) is 0.500. The summed E-state index contributed by atoms with van der Waals surface area (Å²) in [7, 11) is 0. The second-order valence-electron chi connectivity index (χ2n) is 2.85. The Morgan fingerprint density at radius 3 is 3.15 bits per heavy atom. The first kappa shape index (κ1) is 9.02. The molecule has 0 atom stereocenters. The zero-order valence-electron chi connectivity index (χ0n) is 6.95. The smallest absolute Gasteiger partial charge is 0.310 e. The minimum Gasteiger partial charge on any atom is -0.481 e. The van der Waals surface area contributed by atoms with Crippen molar-refractivity contribution < 1.29 is 9.90 Å². The Labute approximate surface area is 84.2 Å². The number of fused-ring (bicyclic) bond motifs is 1. The molecule has 1 aromatic heterocycles. The number of hydrogen-bond acceptors (Lipinski definition) is 4. The lowest BCUT2D eigenvalue weighted by Crippen LogP contribution is -2.01. The Balaban J connectivity index is 2.20. The van der Waals surface area contributed by atoms with Crippen LogP contribution in [-0.2, 0) is 23.4 Å². The lowest BCUT2D eigenvalue weighted by atomic mass is 10.3. The Hall–Kier alpha value is -0.550. The van der Waals surface area contributed by atoms with Gasteiger partial charge in [-0.05, 0) is 12.2 Å². The summed E-state index contributed by atoms with van der Waals surface area (Å²) in [6.45, 7) is 0. The van der Waals surface area contributed by atoms with Crippen LogP contribution in [0.5, 0.6) is 0 Å². The lowest BCUT2D eigenvalue weighted by molar-refractivity contribution is -0.136. The van der Waals surface area contributed by atoms with Gasteiger partial charge in [-0.2, -0.15) is 11.8 Å². The van der Waals surface area contributed by atoms with Crippen molar-refractivity contribution in [3.63, 3.8) is 0 Å². The maximum atomic E-state index is 10.4. The number of thiazole rings is 1. The second-order valence-corrected chi connectivity index (χ2v) is 5.12. The van der Waals surface area contributed by atoms with E-state index in [-0.39, 0.29) is 6.42 Å². The van der Waals surface area contributed by atoms with E-state index >= 15 is 0 Å². The predicted molar refractivity (Wildman–Crippen MR) is 53.3 cm³/mol. The van der Waals surface area contributed by atoms with Crippen molar-refractivity contribution in [1.29, 1.82) is 0 Å². The molecular weight excluding hydrogens is 206 g/mol. The van der Waals surface area contributed by atoms with E-state index in [1.54, 1.807) is 11.3 Å². The molecule has 1 aliphatic heterocycles. The molecule has 1 N–H and O–H groups in total. The number of aromatic nitrogens is 1. The molecule has 0 aliphatic carbocycles. The van der Waals surface area contributed by atoms with Gasteiger partial charge in [-0.3, -0.25) is 4.79 Å². The van der Waals surface area contributed by atoms with Crippen LogP contribution in [0, 0.1) is 0 Å². The quantitative estimate of drug-likeness (QED) is 0.813. The molecule has 5 heteroatoms. The molecule has 2 rings (SSSR count). The number of carboxylic acids is 1. The van der Waals surface area contributed by atoms with Crippen molar-refractivity contribution in [2.24, 2.45) is 0 Å². The van der Waals surface area contributed by atoms with Gasteiger partial charge in [-0.1, -0.05) is 0 Å². The molecule has 2 heterocycles. The van der Waals surface area contributed by atoms with E-state index < -0.39 is 5.97 Å². The van der Waals surface area contributed by atoms with Crippen LogP contribution in [0.15, 0.2) is 0 Å². The van der Waals surface area contributed by atoms with Gasteiger partial charge in [0.25, 0.3) is 0 Å². The van der Waals surface area contributed by atoms with Crippen molar-refractivity contribution in [2.75, 3.05) is 5.75 Å². The number of carboxylic acid groups (broad SMARTS) is 1. The van der Waals surface area contributed by atoms with Crippen molar-refractivity contribution in [2.45, 2.75) is 18.6 Å². The van der Waals surface area contributed by atoms with E-state index in [4.69, 9.17) is 5.11 Å². The van der Waals surface area contributed by atoms with Gasteiger partial charge in [0.1, 0.15) is 5.01 Å². The van der Waals surface area contributed by atoms with Crippen molar-refractivity contribution >= 4 is 29.1 Å². The van der Waals surface area contributed by atoms with Crippen molar-refractivity contribution in [3.05, 3.63) is 15.6 Å². The minimum absolute atomic E-state index is 0.0718. The number of nitrogens with zero attached hydrogens (tertiary/aromatic N) is 1. The first-order chi connectivity index (χ1) is 6.25. The Morgan fingerprint density at radius 2 is 2.46 bits per heavy atom. The van der Waals surface area contributed by atoms with Crippen LogP contribution in [0.4, 0.5) is 0 Å². The fourth-order valence-electron chi connectivity index (χ4n) is 1.28. The van der Waals surface area contributed by atoms with E-state index in [0.29, 0.717) is 0 Å². The molecule has 1 aliphatic rings. The van der Waals surface area contributed by atoms with Gasteiger partial charge in [0.15, 0.2) is 0 Å². The Kier molecular flexibility index (Phi) is 2.55. The number of aliphatic carboxylic acids is 1. The van der Waals surface area contributed by atoms with E-state index in [9.17, 15) is 4.79 Å². The molecule has 1 aromatic rings. The van der Waals surface area contributed by atoms with E-state index in [2.05, 4.69) is 4.98 Å². The van der Waals surface area contributed by atoms with E-state index in [1.165, 1.54) is 4.88 Å². The maximum Gasteiger partial charge on any atom is 0.310 e. The molecule has 3 nitrogen and oxygen atoms in total. The highest BCUT2D eigenvalue weighted by Crippen LogP contribution is 2.29. The Bertz CT molecular complexity index is 311. The first-order valence-electron chi connectivity index (χ1n) is 4.02. The predicted octanol–water partition coefficient (Wildman–Crippen LogP) is 1.56. The van der Waals surface area contributed by atoms with Crippen molar-refractivity contribution in [3.8, 4) is 0 Å².